The Morgan fingerprint density at radius 1 is 1.11 bits per heavy atom. The van der Waals surface area contributed by atoms with Crippen molar-refractivity contribution in [2.45, 2.75) is 25.5 Å². The number of fused-ring (bicyclic) bond motifs is 1. The largest absolute Gasteiger partial charge is 0.453 e. The van der Waals surface area contributed by atoms with Crippen LogP contribution in [-0.2, 0) is 19.1 Å². The summed E-state index contributed by atoms with van der Waals surface area (Å²) >= 11 is 0. The summed E-state index contributed by atoms with van der Waals surface area (Å²) in [7, 11) is 0. The number of carbonyl (C=O) groups is 3. The van der Waals surface area contributed by atoms with Gasteiger partial charge in [-0.15, -0.1) is 0 Å². The monoisotopic (exact) mass is 368 g/mol. The topological polar surface area (TPSA) is 95.9 Å². The number of amides is 2. The van der Waals surface area contributed by atoms with Crippen LogP contribution in [-0.4, -0.2) is 35.0 Å². The number of carbonyl (C=O) groups excluding carboxylic acids is 3. The zero-order valence-electron chi connectivity index (χ0n) is 15.0. The average molecular weight is 368 g/mol. The number of aliphatic hydroxyl groups is 1. The van der Waals surface area contributed by atoms with E-state index >= 15 is 0 Å². The Kier molecular flexibility index (Phi) is 4.96. The van der Waals surface area contributed by atoms with Gasteiger partial charge in [0.05, 0.1) is 11.4 Å². The van der Waals surface area contributed by atoms with Crippen molar-refractivity contribution in [2.75, 3.05) is 16.8 Å². The molecule has 0 unspecified atom stereocenters. The molecule has 2 N–H and O–H groups in total. The minimum Gasteiger partial charge on any atom is -0.453 e. The number of hydrogen-bond donors (Lipinski definition) is 2. The van der Waals surface area contributed by atoms with Gasteiger partial charge in [-0.1, -0.05) is 42.5 Å². The summed E-state index contributed by atoms with van der Waals surface area (Å²) in [5.41, 5.74) is 0.242. The number of hydrogen-bond acceptors (Lipinski definition) is 5. The third-order valence-corrected chi connectivity index (χ3v) is 4.43. The zero-order chi connectivity index (χ0) is 19.6. The van der Waals surface area contributed by atoms with Crippen molar-refractivity contribution in [2.24, 2.45) is 0 Å². The van der Waals surface area contributed by atoms with E-state index in [0.717, 1.165) is 0 Å². The lowest BCUT2D eigenvalue weighted by atomic mass is 9.96. The average Bonchev–Trinajstić information content (AvgIpc) is 2.66. The third kappa shape index (κ3) is 3.54. The molecule has 1 aliphatic rings. The molecule has 1 atom stereocenters. The highest BCUT2D eigenvalue weighted by atomic mass is 16.5. The van der Waals surface area contributed by atoms with Crippen molar-refractivity contribution >= 4 is 29.2 Å². The second-order valence-corrected chi connectivity index (χ2v) is 6.68. The first kappa shape index (κ1) is 18.6. The van der Waals surface area contributed by atoms with Crippen LogP contribution >= 0.6 is 0 Å². The van der Waals surface area contributed by atoms with E-state index in [4.69, 9.17) is 4.74 Å². The molecule has 2 aromatic carbocycles. The predicted molar refractivity (Wildman–Crippen MR) is 99.0 cm³/mol. The van der Waals surface area contributed by atoms with E-state index in [1.54, 1.807) is 68.4 Å². The van der Waals surface area contributed by atoms with Crippen LogP contribution in [0.5, 0.6) is 0 Å². The van der Waals surface area contributed by atoms with Gasteiger partial charge in [-0.05, 0) is 31.5 Å². The quantitative estimate of drug-likeness (QED) is 0.805. The summed E-state index contributed by atoms with van der Waals surface area (Å²) in [4.78, 5) is 38.5. The molecule has 0 aliphatic carbocycles. The maximum absolute atomic E-state index is 12.8. The van der Waals surface area contributed by atoms with Crippen molar-refractivity contribution in [3.05, 3.63) is 60.2 Å². The van der Waals surface area contributed by atoms with Crippen LogP contribution in [0.3, 0.4) is 0 Å². The van der Waals surface area contributed by atoms with E-state index in [0.29, 0.717) is 16.9 Å². The van der Waals surface area contributed by atoms with Crippen molar-refractivity contribution < 1.29 is 24.2 Å². The first-order valence-corrected chi connectivity index (χ1v) is 8.45. The normalized spacial score (nSPS) is 16.1. The molecule has 3 rings (SSSR count). The van der Waals surface area contributed by atoms with Crippen LogP contribution in [0.4, 0.5) is 11.4 Å². The van der Waals surface area contributed by atoms with Crippen molar-refractivity contribution in [3.63, 3.8) is 0 Å². The van der Waals surface area contributed by atoms with Gasteiger partial charge in [-0.3, -0.25) is 14.5 Å². The lowest BCUT2D eigenvalue weighted by Crippen LogP contribution is -2.59. The standard InChI is InChI=1S/C20H20N2O5/c1-20(2)19(26)21-14-10-6-7-11-15(14)22(20)16(23)12-27-18(25)17(24)13-8-4-3-5-9-13/h3-11,17,24H,12H2,1-2H3,(H,21,26)/t17-/m0/s1. The molecule has 0 aromatic heterocycles. The summed E-state index contributed by atoms with van der Waals surface area (Å²) in [6.07, 6.45) is -1.48. The SMILES string of the molecule is CC1(C)C(=O)Nc2ccccc2N1C(=O)COC(=O)[C@@H](O)c1ccccc1. The smallest absolute Gasteiger partial charge is 0.340 e. The molecule has 140 valence electrons. The Morgan fingerprint density at radius 2 is 1.74 bits per heavy atom. The lowest BCUT2D eigenvalue weighted by molar-refractivity contribution is -0.157. The lowest BCUT2D eigenvalue weighted by Gasteiger charge is -2.41. The molecular formula is C20H20N2O5. The number of rotatable bonds is 4. The Labute approximate surface area is 156 Å². The molecule has 1 aliphatic heterocycles. The van der Waals surface area contributed by atoms with E-state index in [-0.39, 0.29) is 5.91 Å². The van der Waals surface area contributed by atoms with E-state index in [9.17, 15) is 19.5 Å². The van der Waals surface area contributed by atoms with Crippen LogP contribution in [0.25, 0.3) is 0 Å². The summed E-state index contributed by atoms with van der Waals surface area (Å²) in [6.45, 7) is 2.63. The second-order valence-electron chi connectivity index (χ2n) is 6.68. The maximum atomic E-state index is 12.8. The first-order chi connectivity index (χ1) is 12.8. The predicted octanol–water partition coefficient (Wildman–Crippen LogP) is 2.03. The number of anilines is 2. The van der Waals surface area contributed by atoms with Crippen LogP contribution in [0, 0.1) is 0 Å². The van der Waals surface area contributed by atoms with E-state index in [2.05, 4.69) is 5.32 Å². The van der Waals surface area contributed by atoms with Gasteiger partial charge in [-0.2, -0.15) is 0 Å². The Bertz CT molecular complexity index is 879. The fraction of sp³-hybridized carbons (Fsp3) is 0.250. The number of nitrogens with one attached hydrogen (secondary N) is 1. The number of aliphatic hydroxyl groups excluding tert-OH is 1. The third-order valence-electron chi connectivity index (χ3n) is 4.43. The molecule has 2 aromatic rings. The van der Waals surface area contributed by atoms with Gasteiger partial charge >= 0.3 is 5.97 Å². The molecule has 0 fully saturated rings. The number of nitrogens with zero attached hydrogens (tertiary/aromatic N) is 1. The van der Waals surface area contributed by atoms with Crippen LogP contribution in [0.2, 0.25) is 0 Å². The minimum atomic E-state index is -1.48. The van der Waals surface area contributed by atoms with Gasteiger partial charge in [0.15, 0.2) is 12.7 Å². The molecule has 0 saturated carbocycles. The molecular weight excluding hydrogens is 348 g/mol. The maximum Gasteiger partial charge on any atom is 0.340 e. The van der Waals surface area contributed by atoms with E-state index in [1.165, 1.54) is 4.90 Å². The van der Waals surface area contributed by atoms with E-state index in [1.807, 2.05) is 0 Å². The number of benzene rings is 2. The molecule has 7 heteroatoms. The highest BCUT2D eigenvalue weighted by Gasteiger charge is 2.43. The summed E-state index contributed by atoms with van der Waals surface area (Å²) < 4.78 is 5.00. The molecule has 2 amide bonds. The van der Waals surface area contributed by atoms with Gasteiger partial charge in [0.1, 0.15) is 5.54 Å². The summed E-state index contributed by atoms with van der Waals surface area (Å²) in [5, 5.41) is 12.8. The van der Waals surface area contributed by atoms with Gasteiger partial charge < -0.3 is 15.2 Å². The molecule has 0 spiro atoms. The highest BCUT2D eigenvalue weighted by Crippen LogP contribution is 2.36. The molecule has 1 heterocycles. The van der Waals surface area contributed by atoms with Crippen LogP contribution in [0.1, 0.15) is 25.5 Å². The van der Waals surface area contributed by atoms with E-state index < -0.39 is 30.1 Å². The second kappa shape index (κ2) is 7.20. The van der Waals surface area contributed by atoms with Gasteiger partial charge in [0, 0.05) is 0 Å². The van der Waals surface area contributed by atoms with Gasteiger partial charge in [0.25, 0.3) is 5.91 Å². The van der Waals surface area contributed by atoms with Crippen molar-refractivity contribution in [1.82, 2.24) is 0 Å². The fourth-order valence-electron chi connectivity index (χ4n) is 2.95. The Hall–Kier alpha value is -3.19. The minimum absolute atomic E-state index is 0.342. The number of esters is 1. The number of ether oxygens (including phenoxy) is 1. The summed E-state index contributed by atoms with van der Waals surface area (Å²) in [6, 6.07) is 15.2. The molecule has 0 radical (unpaired) electrons. The first-order valence-electron chi connectivity index (χ1n) is 8.45. The number of para-hydroxylation sites is 2. The van der Waals surface area contributed by atoms with Gasteiger partial charge in [-0.25, -0.2) is 4.79 Å². The Balaban J connectivity index is 1.75. The highest BCUT2D eigenvalue weighted by molar-refractivity contribution is 6.14. The molecule has 0 saturated heterocycles. The zero-order valence-corrected chi connectivity index (χ0v) is 15.0. The molecule has 27 heavy (non-hydrogen) atoms. The fourth-order valence-corrected chi connectivity index (χ4v) is 2.95. The Morgan fingerprint density at radius 3 is 2.44 bits per heavy atom. The van der Waals surface area contributed by atoms with Crippen LogP contribution < -0.4 is 10.2 Å². The molecule has 0 bridgehead atoms. The van der Waals surface area contributed by atoms with Crippen molar-refractivity contribution in [3.8, 4) is 0 Å². The summed E-state index contributed by atoms with van der Waals surface area (Å²) in [5.74, 6) is -1.83. The van der Waals surface area contributed by atoms with Crippen LogP contribution in [0.15, 0.2) is 54.6 Å². The van der Waals surface area contributed by atoms with Crippen molar-refractivity contribution in [1.29, 1.82) is 0 Å². The van der Waals surface area contributed by atoms with Gasteiger partial charge in [0.2, 0.25) is 5.91 Å². The molecule has 7 nitrogen and oxygen atoms in total.